The van der Waals surface area contributed by atoms with Gasteiger partial charge in [-0.25, -0.2) is 0 Å². The minimum atomic E-state index is -0.355. The maximum Gasteiger partial charge on any atom is 0.237 e. The van der Waals surface area contributed by atoms with Crippen molar-refractivity contribution in [2.24, 2.45) is 11.7 Å². The first-order chi connectivity index (χ1) is 6.13. The summed E-state index contributed by atoms with van der Waals surface area (Å²) >= 11 is 1.71. The molecule has 3 N–H and O–H groups in total. The summed E-state index contributed by atoms with van der Waals surface area (Å²) in [6.07, 6.45) is 2.96. The van der Waals surface area contributed by atoms with E-state index in [4.69, 9.17) is 5.73 Å². The average Bonchev–Trinajstić information content (AvgIpc) is 2.15. The summed E-state index contributed by atoms with van der Waals surface area (Å²) in [5, 5.41) is 2.81. The fourth-order valence-electron chi connectivity index (χ4n) is 0.906. The van der Waals surface area contributed by atoms with Crippen molar-refractivity contribution in [1.82, 2.24) is 5.32 Å². The fraction of sp³-hybridized carbons (Fsp3) is 0.889. The van der Waals surface area contributed by atoms with Crippen molar-refractivity contribution in [3.05, 3.63) is 0 Å². The van der Waals surface area contributed by atoms with Gasteiger partial charge in [0.1, 0.15) is 0 Å². The van der Waals surface area contributed by atoms with Crippen molar-refractivity contribution >= 4 is 17.7 Å². The Morgan fingerprint density at radius 2 is 2.23 bits per heavy atom. The van der Waals surface area contributed by atoms with Crippen LogP contribution < -0.4 is 11.1 Å². The van der Waals surface area contributed by atoms with E-state index in [1.165, 1.54) is 0 Å². The smallest absolute Gasteiger partial charge is 0.237 e. The van der Waals surface area contributed by atoms with Crippen LogP contribution in [0.1, 0.15) is 20.3 Å². The molecule has 0 aromatic heterocycles. The van der Waals surface area contributed by atoms with Crippen LogP contribution in [0.3, 0.4) is 0 Å². The molecule has 2 unspecified atom stereocenters. The SMILES string of the molecule is CCC(C)C(N)C(=O)NCCSC. The highest BCUT2D eigenvalue weighted by atomic mass is 32.2. The zero-order valence-corrected chi connectivity index (χ0v) is 9.49. The van der Waals surface area contributed by atoms with E-state index in [1.807, 2.05) is 20.1 Å². The standard InChI is InChI=1S/C9H20N2OS/c1-4-7(2)8(10)9(12)11-5-6-13-3/h7-8H,4-6,10H2,1-3H3,(H,11,12). The summed E-state index contributed by atoms with van der Waals surface area (Å²) in [5.74, 6) is 1.18. The number of carbonyl (C=O) groups excluding carboxylic acids is 1. The lowest BCUT2D eigenvalue weighted by molar-refractivity contribution is -0.123. The van der Waals surface area contributed by atoms with Crippen molar-refractivity contribution in [3.63, 3.8) is 0 Å². The lowest BCUT2D eigenvalue weighted by Gasteiger charge is -2.17. The highest BCUT2D eigenvalue weighted by Crippen LogP contribution is 2.04. The molecule has 0 radical (unpaired) electrons. The quantitative estimate of drug-likeness (QED) is 0.630. The Hall–Kier alpha value is -0.220. The van der Waals surface area contributed by atoms with E-state index < -0.39 is 0 Å². The molecule has 0 rings (SSSR count). The third-order valence-corrected chi connectivity index (χ3v) is 2.78. The van der Waals surface area contributed by atoms with Crippen LogP contribution in [0.5, 0.6) is 0 Å². The minimum absolute atomic E-state index is 0.0246. The van der Waals surface area contributed by atoms with E-state index in [1.54, 1.807) is 11.8 Å². The molecule has 0 spiro atoms. The van der Waals surface area contributed by atoms with Gasteiger partial charge in [-0.3, -0.25) is 4.79 Å². The van der Waals surface area contributed by atoms with Crippen LogP contribution in [0, 0.1) is 5.92 Å². The molecular weight excluding hydrogens is 184 g/mol. The molecular formula is C9H20N2OS. The Morgan fingerprint density at radius 1 is 1.62 bits per heavy atom. The van der Waals surface area contributed by atoms with Gasteiger partial charge in [-0.15, -0.1) is 0 Å². The molecule has 0 aliphatic heterocycles. The maximum absolute atomic E-state index is 11.4. The van der Waals surface area contributed by atoms with Crippen molar-refractivity contribution in [2.45, 2.75) is 26.3 Å². The number of nitrogens with one attached hydrogen (secondary N) is 1. The van der Waals surface area contributed by atoms with Crippen LogP contribution in [0.25, 0.3) is 0 Å². The van der Waals surface area contributed by atoms with Crippen LogP contribution in [0.15, 0.2) is 0 Å². The number of hydrogen-bond donors (Lipinski definition) is 2. The molecule has 0 aromatic rings. The second kappa shape index (κ2) is 7.21. The van der Waals surface area contributed by atoms with E-state index >= 15 is 0 Å². The molecule has 0 saturated heterocycles. The molecule has 0 aromatic carbocycles. The number of nitrogens with two attached hydrogens (primary N) is 1. The van der Waals surface area contributed by atoms with Crippen LogP contribution in [0.2, 0.25) is 0 Å². The molecule has 0 fully saturated rings. The highest BCUT2D eigenvalue weighted by Gasteiger charge is 2.18. The summed E-state index contributed by atoms with van der Waals surface area (Å²) in [6.45, 7) is 4.75. The molecule has 0 heterocycles. The van der Waals surface area contributed by atoms with Crippen molar-refractivity contribution in [1.29, 1.82) is 0 Å². The summed E-state index contributed by atoms with van der Waals surface area (Å²) < 4.78 is 0. The van der Waals surface area contributed by atoms with E-state index in [9.17, 15) is 4.79 Å². The zero-order valence-electron chi connectivity index (χ0n) is 8.67. The second-order valence-corrected chi connectivity index (χ2v) is 4.18. The maximum atomic E-state index is 11.4. The van der Waals surface area contributed by atoms with Gasteiger partial charge in [0.05, 0.1) is 6.04 Å². The Balaban J connectivity index is 3.69. The number of carbonyl (C=O) groups is 1. The summed E-state index contributed by atoms with van der Waals surface area (Å²) in [7, 11) is 0. The number of hydrogen-bond acceptors (Lipinski definition) is 3. The first-order valence-corrected chi connectivity index (χ1v) is 6.05. The molecule has 3 nitrogen and oxygen atoms in total. The second-order valence-electron chi connectivity index (χ2n) is 3.20. The Bertz CT molecular complexity index is 153. The predicted octanol–water partition coefficient (Wildman–Crippen LogP) is 0.839. The van der Waals surface area contributed by atoms with Gasteiger partial charge >= 0.3 is 0 Å². The predicted molar refractivity (Wildman–Crippen MR) is 58.8 cm³/mol. The molecule has 0 aliphatic carbocycles. The molecule has 78 valence electrons. The van der Waals surface area contributed by atoms with Crippen molar-refractivity contribution in [2.75, 3.05) is 18.6 Å². The van der Waals surface area contributed by atoms with Gasteiger partial charge < -0.3 is 11.1 Å². The number of rotatable bonds is 6. The number of amides is 1. The summed E-state index contributed by atoms with van der Waals surface area (Å²) in [6, 6.07) is -0.355. The van der Waals surface area contributed by atoms with Gasteiger partial charge in [0.15, 0.2) is 0 Å². The van der Waals surface area contributed by atoms with Crippen LogP contribution in [-0.4, -0.2) is 30.5 Å². The fourth-order valence-corrected chi connectivity index (χ4v) is 1.21. The molecule has 4 heteroatoms. The first kappa shape index (κ1) is 12.8. The Morgan fingerprint density at radius 3 is 2.69 bits per heavy atom. The van der Waals surface area contributed by atoms with Crippen molar-refractivity contribution < 1.29 is 4.79 Å². The molecule has 0 aliphatic rings. The molecule has 0 saturated carbocycles. The zero-order chi connectivity index (χ0) is 10.3. The lowest BCUT2D eigenvalue weighted by Crippen LogP contribution is -2.45. The van der Waals surface area contributed by atoms with E-state index in [0.29, 0.717) is 6.54 Å². The van der Waals surface area contributed by atoms with Crippen LogP contribution in [-0.2, 0) is 4.79 Å². The first-order valence-electron chi connectivity index (χ1n) is 4.65. The van der Waals surface area contributed by atoms with Crippen molar-refractivity contribution in [3.8, 4) is 0 Å². The molecule has 2 atom stereocenters. The molecule has 1 amide bonds. The summed E-state index contributed by atoms with van der Waals surface area (Å²) in [5.41, 5.74) is 5.73. The summed E-state index contributed by atoms with van der Waals surface area (Å²) in [4.78, 5) is 11.4. The third-order valence-electron chi connectivity index (χ3n) is 2.17. The van der Waals surface area contributed by atoms with Gasteiger partial charge in [-0.05, 0) is 12.2 Å². The molecule has 0 bridgehead atoms. The van der Waals surface area contributed by atoms with E-state index in [-0.39, 0.29) is 17.9 Å². The highest BCUT2D eigenvalue weighted by molar-refractivity contribution is 7.98. The van der Waals surface area contributed by atoms with Gasteiger partial charge in [0, 0.05) is 12.3 Å². The number of thioether (sulfide) groups is 1. The Kier molecular flexibility index (Phi) is 7.09. The topological polar surface area (TPSA) is 55.1 Å². The Labute approximate surface area is 84.8 Å². The van der Waals surface area contributed by atoms with Crippen LogP contribution >= 0.6 is 11.8 Å². The lowest BCUT2D eigenvalue weighted by atomic mass is 9.99. The third kappa shape index (κ3) is 5.16. The van der Waals surface area contributed by atoms with Gasteiger partial charge in [-0.1, -0.05) is 20.3 Å². The van der Waals surface area contributed by atoms with Gasteiger partial charge in [0.25, 0.3) is 0 Å². The van der Waals surface area contributed by atoms with Crippen LogP contribution in [0.4, 0.5) is 0 Å². The largest absolute Gasteiger partial charge is 0.354 e. The van der Waals surface area contributed by atoms with Gasteiger partial charge in [0.2, 0.25) is 5.91 Å². The van der Waals surface area contributed by atoms with E-state index in [2.05, 4.69) is 5.32 Å². The minimum Gasteiger partial charge on any atom is -0.354 e. The molecule has 13 heavy (non-hydrogen) atoms. The normalized spacial score (nSPS) is 15.1. The average molecular weight is 204 g/mol. The van der Waals surface area contributed by atoms with Gasteiger partial charge in [-0.2, -0.15) is 11.8 Å². The van der Waals surface area contributed by atoms with E-state index in [0.717, 1.165) is 12.2 Å². The monoisotopic (exact) mass is 204 g/mol.